The topological polar surface area (TPSA) is 6.48 Å². The quantitative estimate of drug-likeness (QED) is 0.165. The van der Waals surface area contributed by atoms with Crippen LogP contribution in [0.25, 0.3) is 22.3 Å². The lowest BCUT2D eigenvalue weighted by Gasteiger charge is -2.46. The predicted molar refractivity (Wildman–Crippen MR) is 230 cm³/mol. The van der Waals surface area contributed by atoms with Gasteiger partial charge in [0.2, 0.25) is 0 Å². The molecule has 4 aliphatic carbocycles. The first-order valence-corrected chi connectivity index (χ1v) is 20.7. The molecule has 3 heteroatoms. The number of hydrogen-bond donors (Lipinski definition) is 0. The molecule has 0 saturated heterocycles. The molecule has 2 fully saturated rings. The van der Waals surface area contributed by atoms with Crippen LogP contribution in [0.3, 0.4) is 0 Å². The number of fused-ring (bicyclic) bond motifs is 16. The molecule has 0 N–H and O–H groups in total. The molecule has 2 saturated carbocycles. The maximum absolute atomic E-state index is 2.68. The summed E-state index contributed by atoms with van der Waals surface area (Å²) in [4.78, 5) is 5.31. The number of nitrogens with zero attached hydrogens (tertiary/aromatic N) is 2. The highest BCUT2D eigenvalue weighted by atomic mass is 15.2. The number of hydrogen-bond acceptors (Lipinski definition) is 2. The fraction of sp³-hybridized carbons (Fsp3) is 0.192. The van der Waals surface area contributed by atoms with Gasteiger partial charge in [-0.3, -0.25) is 0 Å². The van der Waals surface area contributed by atoms with E-state index in [4.69, 9.17) is 0 Å². The van der Waals surface area contributed by atoms with Crippen molar-refractivity contribution in [1.29, 1.82) is 0 Å². The Hall–Kier alpha value is -5.80. The predicted octanol–water partition coefficient (Wildman–Crippen LogP) is 11.5. The van der Waals surface area contributed by atoms with Crippen molar-refractivity contribution in [3.63, 3.8) is 0 Å². The number of benzene rings is 7. The van der Waals surface area contributed by atoms with Crippen molar-refractivity contribution >= 4 is 57.2 Å². The van der Waals surface area contributed by atoms with Gasteiger partial charge in [0.15, 0.2) is 0 Å². The van der Waals surface area contributed by atoms with Crippen molar-refractivity contribution in [3.05, 3.63) is 174 Å². The van der Waals surface area contributed by atoms with Crippen LogP contribution in [0.15, 0.2) is 152 Å². The molecule has 7 aromatic rings. The van der Waals surface area contributed by atoms with Crippen molar-refractivity contribution in [2.24, 2.45) is 0 Å². The summed E-state index contributed by atoms with van der Waals surface area (Å²) < 4.78 is 0. The molecule has 262 valence electrons. The van der Waals surface area contributed by atoms with Gasteiger partial charge in [0, 0.05) is 44.8 Å². The van der Waals surface area contributed by atoms with Gasteiger partial charge in [-0.25, -0.2) is 0 Å². The van der Waals surface area contributed by atoms with E-state index in [0.29, 0.717) is 0 Å². The molecule has 2 spiro atoms. The molecule has 0 atom stereocenters. The Morgan fingerprint density at radius 3 is 1.62 bits per heavy atom. The maximum Gasteiger partial charge on any atom is 0.252 e. The van der Waals surface area contributed by atoms with Crippen LogP contribution in [0.4, 0.5) is 34.1 Å². The second-order valence-corrected chi connectivity index (χ2v) is 17.0. The summed E-state index contributed by atoms with van der Waals surface area (Å²) in [5.41, 5.74) is 24.3. The molecular formula is C52H41BN2. The second kappa shape index (κ2) is 10.9. The maximum atomic E-state index is 2.68. The van der Waals surface area contributed by atoms with Crippen molar-refractivity contribution < 1.29 is 0 Å². The van der Waals surface area contributed by atoms with Crippen molar-refractivity contribution in [3.8, 4) is 22.3 Å². The number of anilines is 6. The highest BCUT2D eigenvalue weighted by Gasteiger charge is 2.54. The zero-order valence-corrected chi connectivity index (χ0v) is 31.1. The Balaban J connectivity index is 1.23. The lowest BCUT2D eigenvalue weighted by Crippen LogP contribution is -2.62. The summed E-state index contributed by atoms with van der Waals surface area (Å²) in [6.45, 7) is 0.0771. The smallest absolute Gasteiger partial charge is 0.252 e. The average Bonchev–Trinajstić information content (AvgIpc) is 4.05. The fourth-order valence-corrected chi connectivity index (χ4v) is 12.7. The Bertz CT molecular complexity index is 2740. The molecule has 0 bridgehead atoms. The summed E-state index contributed by atoms with van der Waals surface area (Å²) in [6.07, 6.45) is 9.99. The van der Waals surface area contributed by atoms with Crippen LogP contribution >= 0.6 is 0 Å². The third-order valence-corrected chi connectivity index (χ3v) is 14.7. The lowest BCUT2D eigenvalue weighted by atomic mass is 9.32. The Morgan fingerprint density at radius 1 is 0.400 bits per heavy atom. The Morgan fingerprint density at radius 2 is 0.945 bits per heavy atom. The van der Waals surface area contributed by atoms with Gasteiger partial charge in [0.1, 0.15) is 0 Å². The highest BCUT2D eigenvalue weighted by Crippen LogP contribution is 2.63. The Labute approximate surface area is 324 Å². The third kappa shape index (κ3) is 3.73. The first-order valence-electron chi connectivity index (χ1n) is 20.7. The van der Waals surface area contributed by atoms with E-state index < -0.39 is 0 Å². The van der Waals surface area contributed by atoms with E-state index in [1.807, 2.05) is 0 Å². The second-order valence-electron chi connectivity index (χ2n) is 17.0. The highest BCUT2D eigenvalue weighted by molar-refractivity contribution is 7.01. The zero-order valence-electron chi connectivity index (χ0n) is 31.1. The summed E-state index contributed by atoms with van der Waals surface area (Å²) in [7, 11) is 0. The van der Waals surface area contributed by atoms with Crippen LogP contribution in [0.2, 0.25) is 0 Å². The zero-order chi connectivity index (χ0) is 35.9. The minimum atomic E-state index is 0.0284. The Kier molecular flexibility index (Phi) is 6.06. The van der Waals surface area contributed by atoms with E-state index in [1.165, 1.54) is 135 Å². The van der Waals surface area contributed by atoms with Crippen LogP contribution in [0, 0.1) is 0 Å². The van der Waals surface area contributed by atoms with Crippen molar-refractivity contribution in [2.45, 2.75) is 62.2 Å². The minimum absolute atomic E-state index is 0.0284. The average molecular weight is 705 g/mol. The molecule has 13 rings (SSSR count). The largest absolute Gasteiger partial charge is 0.311 e. The molecular weight excluding hydrogens is 663 g/mol. The summed E-state index contributed by atoms with van der Waals surface area (Å²) in [5, 5.41) is 0. The van der Waals surface area contributed by atoms with E-state index in [9.17, 15) is 0 Å². The van der Waals surface area contributed by atoms with Gasteiger partial charge >= 0.3 is 0 Å². The standard InChI is InChI=1S/C52H41BN2/c1-3-17-34(18-4-1)54-44-28-27-40-46(36-21-7-9-23-38(36)51(40)29-13-14-30-51)48(44)53-42-25-11-12-26-43(42)55(35-19-5-2-6-20-35)50-47-37-22-8-10-24-39(37)52(31-15-16-32-52)41(47)33-45(54)49(50)53/h1-12,17-28,33H,13-16,29-32H2. The first kappa shape index (κ1) is 30.5. The molecule has 2 aliphatic heterocycles. The lowest BCUT2D eigenvalue weighted by molar-refractivity contribution is 0.550. The van der Waals surface area contributed by atoms with Gasteiger partial charge in [-0.15, -0.1) is 0 Å². The van der Waals surface area contributed by atoms with Crippen LogP contribution in [-0.4, -0.2) is 6.71 Å². The first-order chi connectivity index (χ1) is 27.3. The van der Waals surface area contributed by atoms with E-state index >= 15 is 0 Å². The van der Waals surface area contributed by atoms with Crippen LogP contribution < -0.4 is 26.2 Å². The van der Waals surface area contributed by atoms with Gasteiger partial charge in [-0.05, 0) is 123 Å². The monoisotopic (exact) mass is 704 g/mol. The molecule has 0 unspecified atom stereocenters. The van der Waals surface area contributed by atoms with Crippen molar-refractivity contribution in [2.75, 3.05) is 9.80 Å². The molecule has 55 heavy (non-hydrogen) atoms. The molecule has 6 aliphatic rings. The van der Waals surface area contributed by atoms with Crippen molar-refractivity contribution in [1.82, 2.24) is 0 Å². The van der Waals surface area contributed by atoms with Gasteiger partial charge in [0.05, 0.1) is 5.69 Å². The van der Waals surface area contributed by atoms with Gasteiger partial charge in [-0.1, -0.05) is 135 Å². The third-order valence-electron chi connectivity index (χ3n) is 14.7. The number of para-hydroxylation sites is 3. The summed E-state index contributed by atoms with van der Waals surface area (Å²) in [5.74, 6) is 0. The van der Waals surface area contributed by atoms with Gasteiger partial charge < -0.3 is 9.80 Å². The molecule has 2 nitrogen and oxygen atoms in total. The van der Waals surface area contributed by atoms with Crippen LogP contribution in [-0.2, 0) is 10.8 Å². The van der Waals surface area contributed by atoms with Crippen LogP contribution in [0.5, 0.6) is 0 Å². The normalized spacial score (nSPS) is 18.1. The SMILES string of the molecule is c1ccc(N2c3ccc4c(c3B3c5ccccc5N(c5ccccc5)c5c3c2cc2c5-c3ccccc3C23CCCC3)-c2ccccc2C42CCCC2)cc1. The van der Waals surface area contributed by atoms with Crippen LogP contribution in [0.1, 0.15) is 73.6 Å². The summed E-state index contributed by atoms with van der Waals surface area (Å²) >= 11 is 0. The van der Waals surface area contributed by atoms with E-state index in [0.717, 1.165) is 0 Å². The van der Waals surface area contributed by atoms with Gasteiger partial charge in [0.25, 0.3) is 6.71 Å². The van der Waals surface area contributed by atoms with E-state index in [1.54, 1.807) is 11.1 Å². The molecule has 0 amide bonds. The fourth-order valence-electron chi connectivity index (χ4n) is 12.7. The number of rotatable bonds is 2. The molecule has 2 heterocycles. The molecule has 0 aromatic heterocycles. The summed E-state index contributed by atoms with van der Waals surface area (Å²) in [6, 6.07) is 58.5. The minimum Gasteiger partial charge on any atom is -0.311 e. The molecule has 0 radical (unpaired) electrons. The molecule has 7 aromatic carbocycles. The van der Waals surface area contributed by atoms with E-state index in [-0.39, 0.29) is 17.5 Å². The van der Waals surface area contributed by atoms with E-state index in [2.05, 4.69) is 161 Å². The van der Waals surface area contributed by atoms with Gasteiger partial charge in [-0.2, -0.15) is 0 Å².